The number of piperidine rings is 1. The average Bonchev–Trinajstić information content (AvgIpc) is 2.66. The first-order chi connectivity index (χ1) is 12.6. The van der Waals surface area contributed by atoms with Crippen molar-refractivity contribution in [2.45, 2.75) is 32.1 Å². The van der Waals surface area contributed by atoms with Crippen LogP contribution in [0.2, 0.25) is 0 Å². The van der Waals surface area contributed by atoms with E-state index in [0.717, 1.165) is 29.4 Å². The molecule has 1 heterocycles. The molecule has 0 aromatic heterocycles. The van der Waals surface area contributed by atoms with Crippen LogP contribution in [0.3, 0.4) is 0 Å². The topological polar surface area (TPSA) is 71.9 Å². The molecule has 1 aromatic carbocycles. The van der Waals surface area contributed by atoms with Gasteiger partial charge in [0.1, 0.15) is 5.75 Å². The van der Waals surface area contributed by atoms with Gasteiger partial charge in [0.05, 0.1) is 13.1 Å². The molecule has 1 aliphatic heterocycles. The van der Waals surface area contributed by atoms with Crippen molar-refractivity contribution in [2.75, 3.05) is 26.2 Å². The number of carbonyl (C=O) groups is 2. The number of fused-ring (bicyclic) bond motifs is 1. The number of amides is 2. The van der Waals surface area contributed by atoms with E-state index in [1.165, 1.54) is 37.0 Å². The number of hydrazine groups is 1. The summed E-state index contributed by atoms with van der Waals surface area (Å²) in [5, 5.41) is 0. The molecule has 0 bridgehead atoms. The summed E-state index contributed by atoms with van der Waals surface area (Å²) in [7, 11) is 0. The summed E-state index contributed by atoms with van der Waals surface area (Å²) in [6, 6.07) is 7.23. The fraction of sp³-hybridized carbons (Fsp3) is 0.579. The molecular weight excluding hydrogens is 398 g/mol. The Bertz CT molecular complexity index is 623. The molecule has 3 N–H and O–H groups in total. The van der Waals surface area contributed by atoms with E-state index in [4.69, 9.17) is 4.74 Å². The van der Waals surface area contributed by atoms with Gasteiger partial charge >= 0.3 is 0 Å². The molecule has 2 fully saturated rings. The van der Waals surface area contributed by atoms with Crippen LogP contribution < -0.4 is 20.5 Å². The fourth-order valence-electron chi connectivity index (χ4n) is 4.08. The highest BCUT2D eigenvalue weighted by atomic mass is 79.9. The lowest BCUT2D eigenvalue weighted by atomic mass is 9.75. The highest BCUT2D eigenvalue weighted by Gasteiger charge is 2.34. The summed E-state index contributed by atoms with van der Waals surface area (Å²) in [6.07, 6.45) is 6.58. The van der Waals surface area contributed by atoms with E-state index in [9.17, 15) is 9.59 Å². The molecule has 0 radical (unpaired) electrons. The first kappa shape index (κ1) is 19.2. The van der Waals surface area contributed by atoms with Crippen molar-refractivity contribution in [3.8, 4) is 5.75 Å². The molecule has 1 aromatic rings. The number of ether oxygens (including phenoxy) is 1. The first-order valence-electron chi connectivity index (χ1n) is 9.40. The van der Waals surface area contributed by atoms with E-state index in [-0.39, 0.29) is 18.4 Å². The van der Waals surface area contributed by atoms with Gasteiger partial charge in [-0.2, -0.15) is 0 Å². The molecule has 0 spiro atoms. The number of likely N-dealkylation sites (tertiary alicyclic amines) is 1. The average molecular weight is 425 g/mol. The molecule has 1 aliphatic carbocycles. The lowest BCUT2D eigenvalue weighted by Crippen LogP contribution is -3.15. The number of nitrogens with one attached hydrogen (secondary N) is 3. The molecule has 3 atom stereocenters. The van der Waals surface area contributed by atoms with Crippen LogP contribution in [0.1, 0.15) is 32.1 Å². The number of quaternary nitrogens is 1. The van der Waals surface area contributed by atoms with Gasteiger partial charge in [-0.15, -0.1) is 0 Å². The standard InChI is InChI=1S/C19H26BrN3O3/c20-16-5-7-17(8-6-16)26-13-19(25)22-21-18(24)12-23-10-9-14-3-1-2-4-15(14)11-23/h5-8,14-15H,1-4,9-13H2,(H,21,24)(H,22,25)/p+1/t14-,15+/m0/s1. The van der Waals surface area contributed by atoms with E-state index in [1.807, 2.05) is 12.1 Å². The van der Waals surface area contributed by atoms with Gasteiger partial charge in [0.2, 0.25) is 0 Å². The third kappa shape index (κ3) is 5.71. The van der Waals surface area contributed by atoms with Crippen LogP contribution in [-0.4, -0.2) is 38.1 Å². The molecular formula is C19H27BrN3O3+. The molecule has 6 nitrogen and oxygen atoms in total. The molecule has 2 aliphatic rings. The van der Waals surface area contributed by atoms with Gasteiger partial charge in [0.25, 0.3) is 11.8 Å². The van der Waals surface area contributed by atoms with E-state index in [2.05, 4.69) is 26.8 Å². The summed E-state index contributed by atoms with van der Waals surface area (Å²) in [6.45, 7) is 2.41. The maximum atomic E-state index is 12.1. The van der Waals surface area contributed by atoms with E-state index < -0.39 is 0 Å². The zero-order valence-electron chi connectivity index (χ0n) is 14.9. The van der Waals surface area contributed by atoms with E-state index >= 15 is 0 Å². The Labute approximate surface area is 162 Å². The van der Waals surface area contributed by atoms with Gasteiger partial charge in [0, 0.05) is 10.4 Å². The lowest BCUT2D eigenvalue weighted by Gasteiger charge is -2.38. The Hall–Kier alpha value is -1.60. The SMILES string of the molecule is O=C(COc1ccc(Br)cc1)NNC(=O)C[NH+]1CC[C@@H]2CCCC[C@@H]2C1. The summed E-state index contributed by atoms with van der Waals surface area (Å²) >= 11 is 3.34. The van der Waals surface area contributed by atoms with Crippen molar-refractivity contribution in [3.63, 3.8) is 0 Å². The Kier molecular flexibility index (Phi) is 6.91. The predicted octanol–water partition coefficient (Wildman–Crippen LogP) is 1.07. The smallest absolute Gasteiger partial charge is 0.293 e. The van der Waals surface area contributed by atoms with Crippen LogP contribution in [0.5, 0.6) is 5.75 Å². The van der Waals surface area contributed by atoms with Gasteiger partial charge in [-0.3, -0.25) is 20.4 Å². The van der Waals surface area contributed by atoms with Gasteiger partial charge in [-0.25, -0.2) is 0 Å². The Morgan fingerprint density at radius 3 is 2.50 bits per heavy atom. The summed E-state index contributed by atoms with van der Waals surface area (Å²) in [5.74, 6) is 1.73. The molecule has 1 saturated carbocycles. The summed E-state index contributed by atoms with van der Waals surface area (Å²) in [4.78, 5) is 25.2. The summed E-state index contributed by atoms with van der Waals surface area (Å²) < 4.78 is 6.32. The molecule has 142 valence electrons. The van der Waals surface area contributed by atoms with Crippen LogP contribution in [0, 0.1) is 11.8 Å². The van der Waals surface area contributed by atoms with Crippen molar-refractivity contribution >= 4 is 27.7 Å². The number of rotatable bonds is 5. The second-order valence-corrected chi connectivity index (χ2v) is 8.23. The number of carbonyl (C=O) groups excluding carboxylic acids is 2. The highest BCUT2D eigenvalue weighted by Crippen LogP contribution is 2.32. The Balaban J connectivity index is 1.33. The third-order valence-corrected chi connectivity index (χ3v) is 5.95. The molecule has 1 saturated heterocycles. The minimum atomic E-state index is -0.373. The fourth-order valence-corrected chi connectivity index (χ4v) is 4.35. The quantitative estimate of drug-likeness (QED) is 0.619. The second-order valence-electron chi connectivity index (χ2n) is 7.31. The van der Waals surface area contributed by atoms with Crippen LogP contribution in [-0.2, 0) is 9.59 Å². The minimum Gasteiger partial charge on any atom is -0.484 e. The van der Waals surface area contributed by atoms with Gasteiger partial charge in [0.15, 0.2) is 13.2 Å². The molecule has 2 amide bonds. The number of hydrogen-bond donors (Lipinski definition) is 3. The summed E-state index contributed by atoms with van der Waals surface area (Å²) in [5.41, 5.74) is 4.92. The largest absolute Gasteiger partial charge is 0.484 e. The van der Waals surface area contributed by atoms with Crippen molar-refractivity contribution < 1.29 is 19.2 Å². The normalized spacial score (nSPS) is 25.0. The van der Waals surface area contributed by atoms with Crippen molar-refractivity contribution in [1.29, 1.82) is 0 Å². The number of halogens is 1. The van der Waals surface area contributed by atoms with Gasteiger partial charge in [-0.05, 0) is 49.4 Å². The number of hydrogen-bond acceptors (Lipinski definition) is 3. The zero-order chi connectivity index (χ0) is 18.4. The maximum Gasteiger partial charge on any atom is 0.293 e. The van der Waals surface area contributed by atoms with Crippen LogP contribution in [0.25, 0.3) is 0 Å². The van der Waals surface area contributed by atoms with Gasteiger partial charge < -0.3 is 9.64 Å². The van der Waals surface area contributed by atoms with Gasteiger partial charge in [-0.1, -0.05) is 28.8 Å². The maximum absolute atomic E-state index is 12.1. The Morgan fingerprint density at radius 2 is 1.73 bits per heavy atom. The van der Waals surface area contributed by atoms with Crippen molar-refractivity contribution in [1.82, 2.24) is 10.9 Å². The van der Waals surface area contributed by atoms with Crippen LogP contribution in [0.4, 0.5) is 0 Å². The lowest BCUT2D eigenvalue weighted by molar-refractivity contribution is -0.902. The predicted molar refractivity (Wildman–Crippen MR) is 102 cm³/mol. The van der Waals surface area contributed by atoms with Crippen LogP contribution >= 0.6 is 15.9 Å². The molecule has 3 rings (SSSR count). The monoisotopic (exact) mass is 424 g/mol. The number of benzene rings is 1. The molecule has 7 heteroatoms. The minimum absolute atomic E-state index is 0.137. The van der Waals surface area contributed by atoms with Crippen molar-refractivity contribution in [2.24, 2.45) is 11.8 Å². The van der Waals surface area contributed by atoms with Crippen molar-refractivity contribution in [3.05, 3.63) is 28.7 Å². The zero-order valence-corrected chi connectivity index (χ0v) is 16.5. The van der Waals surface area contributed by atoms with E-state index in [1.54, 1.807) is 12.1 Å². The first-order valence-corrected chi connectivity index (χ1v) is 10.2. The van der Waals surface area contributed by atoms with Crippen LogP contribution in [0.15, 0.2) is 28.7 Å². The molecule has 1 unspecified atom stereocenters. The molecule has 26 heavy (non-hydrogen) atoms. The third-order valence-electron chi connectivity index (χ3n) is 5.42. The second kappa shape index (κ2) is 9.37. The van der Waals surface area contributed by atoms with E-state index in [0.29, 0.717) is 12.3 Å². The highest BCUT2D eigenvalue weighted by molar-refractivity contribution is 9.10. The Morgan fingerprint density at radius 1 is 1.04 bits per heavy atom.